The van der Waals surface area contributed by atoms with E-state index in [-0.39, 0.29) is 18.2 Å². The number of halogens is 1. The van der Waals surface area contributed by atoms with Crippen LogP contribution in [-0.2, 0) is 25.3 Å². The van der Waals surface area contributed by atoms with E-state index in [1.807, 2.05) is 0 Å². The fourth-order valence-electron chi connectivity index (χ4n) is 3.40. The Morgan fingerprint density at radius 2 is 1.97 bits per heavy atom. The smallest absolute Gasteiger partial charge is 0.337 e. The maximum Gasteiger partial charge on any atom is 0.337 e. The van der Waals surface area contributed by atoms with Crippen LogP contribution in [0.15, 0.2) is 48.5 Å². The quantitative estimate of drug-likeness (QED) is 0.681. The highest BCUT2D eigenvalue weighted by Crippen LogP contribution is 2.25. The first-order chi connectivity index (χ1) is 14.3. The second kappa shape index (κ2) is 9.59. The number of hydrogen-bond acceptors (Lipinski definition) is 5. The molecule has 1 amide bonds. The highest BCUT2D eigenvalue weighted by Gasteiger charge is 2.32. The molecule has 0 saturated carbocycles. The number of carbonyl (C=O) groups is 2. The molecule has 1 saturated heterocycles. The van der Waals surface area contributed by atoms with Gasteiger partial charge in [-0.3, -0.25) is 4.79 Å². The summed E-state index contributed by atoms with van der Waals surface area (Å²) in [4.78, 5) is 24.4. The number of anilines is 1. The number of ether oxygens (including phenoxy) is 1. The van der Waals surface area contributed by atoms with Crippen molar-refractivity contribution in [3.05, 3.63) is 64.7 Å². The summed E-state index contributed by atoms with van der Waals surface area (Å²) in [6, 6.07) is 13.2. The van der Waals surface area contributed by atoms with E-state index in [9.17, 15) is 18.0 Å². The first kappa shape index (κ1) is 22.3. The summed E-state index contributed by atoms with van der Waals surface area (Å²) < 4.78 is 31.8. The average molecular weight is 451 g/mol. The Balaban J connectivity index is 1.67. The highest BCUT2D eigenvalue weighted by molar-refractivity contribution is 7.88. The van der Waals surface area contributed by atoms with E-state index in [0.717, 1.165) is 0 Å². The largest absolute Gasteiger partial charge is 0.465 e. The lowest BCUT2D eigenvalue weighted by molar-refractivity contribution is -0.120. The Labute approximate surface area is 181 Å². The third-order valence-electron chi connectivity index (χ3n) is 5.00. The van der Waals surface area contributed by atoms with Gasteiger partial charge in [-0.15, -0.1) is 0 Å². The summed E-state index contributed by atoms with van der Waals surface area (Å²) >= 11 is 6.10. The van der Waals surface area contributed by atoms with Crippen LogP contribution >= 0.6 is 11.6 Å². The second-order valence-electron chi connectivity index (χ2n) is 7.11. The van der Waals surface area contributed by atoms with Crippen molar-refractivity contribution in [3.8, 4) is 0 Å². The van der Waals surface area contributed by atoms with E-state index in [0.29, 0.717) is 41.2 Å². The molecule has 0 aliphatic carbocycles. The number of benzene rings is 2. The van der Waals surface area contributed by atoms with E-state index in [1.54, 1.807) is 42.5 Å². The van der Waals surface area contributed by atoms with E-state index < -0.39 is 21.9 Å². The number of methoxy groups -OCH3 is 1. The topological polar surface area (TPSA) is 92.8 Å². The van der Waals surface area contributed by atoms with Crippen molar-refractivity contribution in [2.45, 2.75) is 18.6 Å². The maximum absolute atomic E-state index is 12.9. The van der Waals surface area contributed by atoms with Crippen LogP contribution in [0.5, 0.6) is 0 Å². The van der Waals surface area contributed by atoms with Gasteiger partial charge in [-0.2, -0.15) is 0 Å². The summed E-state index contributed by atoms with van der Waals surface area (Å²) in [5.74, 6) is -1.47. The molecule has 30 heavy (non-hydrogen) atoms. The zero-order valence-corrected chi connectivity index (χ0v) is 18.1. The van der Waals surface area contributed by atoms with Gasteiger partial charge in [-0.05, 0) is 42.7 Å². The molecule has 9 heteroatoms. The van der Waals surface area contributed by atoms with Crippen molar-refractivity contribution in [1.29, 1.82) is 0 Å². The fourth-order valence-corrected chi connectivity index (χ4v) is 5.32. The molecule has 1 atom stereocenters. The van der Waals surface area contributed by atoms with Gasteiger partial charge in [0.15, 0.2) is 0 Å². The molecule has 0 radical (unpaired) electrons. The molecule has 0 bridgehead atoms. The van der Waals surface area contributed by atoms with Gasteiger partial charge in [0.2, 0.25) is 15.9 Å². The number of carbonyl (C=O) groups excluding carboxylic acids is 2. The summed E-state index contributed by atoms with van der Waals surface area (Å²) in [5, 5.41) is 3.17. The summed E-state index contributed by atoms with van der Waals surface area (Å²) in [6.07, 6.45) is 1.17. The Hall–Kier alpha value is -2.42. The van der Waals surface area contributed by atoms with Crippen LogP contribution in [0.3, 0.4) is 0 Å². The molecule has 1 aliphatic rings. The number of amides is 1. The molecule has 0 spiro atoms. The number of nitrogens with one attached hydrogen (secondary N) is 1. The lowest BCUT2D eigenvalue weighted by Gasteiger charge is -2.31. The molecule has 2 aromatic carbocycles. The second-order valence-corrected chi connectivity index (χ2v) is 9.48. The van der Waals surface area contributed by atoms with E-state index >= 15 is 0 Å². The van der Waals surface area contributed by atoms with Crippen molar-refractivity contribution >= 4 is 39.2 Å². The zero-order chi connectivity index (χ0) is 21.7. The van der Waals surface area contributed by atoms with Gasteiger partial charge < -0.3 is 10.1 Å². The molecule has 1 N–H and O–H groups in total. The van der Waals surface area contributed by atoms with E-state index in [4.69, 9.17) is 11.6 Å². The van der Waals surface area contributed by atoms with Crippen molar-refractivity contribution in [3.63, 3.8) is 0 Å². The van der Waals surface area contributed by atoms with Crippen molar-refractivity contribution in [2.24, 2.45) is 5.92 Å². The molecule has 0 unspecified atom stereocenters. The van der Waals surface area contributed by atoms with Gasteiger partial charge in [0.1, 0.15) is 0 Å². The molecule has 1 aliphatic heterocycles. The fraction of sp³-hybridized carbons (Fsp3) is 0.333. The summed E-state index contributed by atoms with van der Waals surface area (Å²) in [5.41, 5.74) is 1.31. The predicted molar refractivity (Wildman–Crippen MR) is 115 cm³/mol. The van der Waals surface area contributed by atoms with Gasteiger partial charge in [0.05, 0.1) is 24.3 Å². The monoisotopic (exact) mass is 450 g/mol. The van der Waals surface area contributed by atoms with Crippen LogP contribution in [-0.4, -0.2) is 44.8 Å². The Kier molecular flexibility index (Phi) is 7.12. The first-order valence-electron chi connectivity index (χ1n) is 9.50. The van der Waals surface area contributed by atoms with Crippen LogP contribution < -0.4 is 5.32 Å². The minimum absolute atomic E-state index is 0.106. The van der Waals surface area contributed by atoms with Crippen LogP contribution in [0.25, 0.3) is 0 Å². The number of rotatable bonds is 6. The van der Waals surface area contributed by atoms with E-state index in [2.05, 4.69) is 10.1 Å². The van der Waals surface area contributed by atoms with Crippen molar-refractivity contribution < 1.29 is 22.7 Å². The summed E-state index contributed by atoms with van der Waals surface area (Å²) in [7, 11) is -2.33. The standard InChI is InChI=1S/C21H23ClN2O5S/c1-29-21(26)15-7-4-9-18(12-15)23-20(25)16-8-5-11-24(13-16)30(27,28)14-17-6-2-3-10-19(17)22/h2-4,6-7,9-10,12,16H,5,8,11,13-14H2,1H3,(H,23,25)/t16-/m1/s1. The Morgan fingerprint density at radius 1 is 1.20 bits per heavy atom. The van der Waals surface area contributed by atoms with Crippen LogP contribution in [0.4, 0.5) is 5.69 Å². The van der Waals surface area contributed by atoms with Gasteiger partial charge in [0, 0.05) is 23.8 Å². The summed E-state index contributed by atoms with van der Waals surface area (Å²) in [6.45, 7) is 0.476. The number of esters is 1. The Morgan fingerprint density at radius 3 is 2.70 bits per heavy atom. The number of hydrogen-bond donors (Lipinski definition) is 1. The third-order valence-corrected chi connectivity index (χ3v) is 7.16. The maximum atomic E-state index is 12.9. The lowest BCUT2D eigenvalue weighted by atomic mass is 9.98. The minimum Gasteiger partial charge on any atom is -0.465 e. The molecule has 3 rings (SSSR count). The van der Waals surface area contributed by atoms with Gasteiger partial charge >= 0.3 is 5.97 Å². The van der Waals surface area contributed by atoms with Crippen LogP contribution in [0.1, 0.15) is 28.8 Å². The number of sulfonamides is 1. The number of piperidine rings is 1. The predicted octanol–water partition coefficient (Wildman–Crippen LogP) is 3.31. The van der Waals surface area contributed by atoms with E-state index in [1.165, 1.54) is 17.5 Å². The Bertz CT molecular complexity index is 1040. The molecule has 0 aromatic heterocycles. The molecule has 2 aromatic rings. The zero-order valence-electron chi connectivity index (χ0n) is 16.5. The molecular formula is C21H23ClN2O5S. The molecular weight excluding hydrogens is 428 g/mol. The van der Waals surface area contributed by atoms with Gasteiger partial charge in [-0.25, -0.2) is 17.5 Å². The number of nitrogens with zero attached hydrogens (tertiary/aromatic N) is 1. The molecule has 1 fully saturated rings. The van der Waals surface area contributed by atoms with Crippen LogP contribution in [0, 0.1) is 5.92 Å². The van der Waals surface area contributed by atoms with Crippen LogP contribution in [0.2, 0.25) is 5.02 Å². The van der Waals surface area contributed by atoms with Gasteiger partial charge in [-0.1, -0.05) is 35.9 Å². The minimum atomic E-state index is -3.61. The van der Waals surface area contributed by atoms with Gasteiger partial charge in [0.25, 0.3) is 0 Å². The average Bonchev–Trinajstić information content (AvgIpc) is 2.75. The normalized spacial score (nSPS) is 17.3. The molecule has 1 heterocycles. The SMILES string of the molecule is COC(=O)c1cccc(NC(=O)[C@@H]2CCCN(S(=O)(=O)Cc3ccccc3Cl)C2)c1. The first-order valence-corrected chi connectivity index (χ1v) is 11.5. The van der Waals surface area contributed by atoms with Crippen molar-refractivity contribution in [1.82, 2.24) is 4.31 Å². The third kappa shape index (κ3) is 5.38. The lowest BCUT2D eigenvalue weighted by Crippen LogP contribution is -2.44. The molecule has 7 nitrogen and oxygen atoms in total. The molecule has 160 valence electrons. The van der Waals surface area contributed by atoms with Crippen molar-refractivity contribution in [2.75, 3.05) is 25.5 Å². The highest BCUT2D eigenvalue weighted by atomic mass is 35.5.